The molecule has 0 aromatic carbocycles. The maximum Gasteiger partial charge on any atom is 0.353 e. The van der Waals surface area contributed by atoms with Crippen LogP contribution < -0.4 is 5.32 Å². The summed E-state index contributed by atoms with van der Waals surface area (Å²) in [6, 6.07) is 0. The molecule has 5 nitrogen and oxygen atoms in total. The fourth-order valence-electron chi connectivity index (χ4n) is 1.37. The number of amides is 1. The third kappa shape index (κ3) is 3.55. The van der Waals surface area contributed by atoms with Crippen molar-refractivity contribution >= 4 is 23.1 Å². The van der Waals surface area contributed by atoms with E-state index in [0.29, 0.717) is 25.8 Å². The van der Waals surface area contributed by atoms with Crippen LogP contribution in [-0.4, -0.2) is 39.1 Å². The van der Waals surface area contributed by atoms with Gasteiger partial charge in [-0.1, -0.05) is 0 Å². The van der Waals surface area contributed by atoms with Crippen molar-refractivity contribution in [3.05, 3.63) is 0 Å². The number of hydrogen-bond donors (Lipinski definition) is 2. The molecule has 1 fully saturated rings. The lowest BCUT2D eigenvalue weighted by Crippen LogP contribution is -2.36. The maximum atomic E-state index is 11.4. The Hall–Kier alpha value is -0.750. The van der Waals surface area contributed by atoms with Crippen molar-refractivity contribution in [1.29, 1.82) is 0 Å². The van der Waals surface area contributed by atoms with Crippen molar-refractivity contribution < 1.29 is 19.2 Å². The summed E-state index contributed by atoms with van der Waals surface area (Å²) < 4.78 is 11.4. The minimum absolute atomic E-state index is 0.0418. The number of hydrogen-bond acceptors (Lipinski definition) is 3. The molecule has 1 amide bonds. The number of aliphatic carboxylic acids is 1. The van der Waals surface area contributed by atoms with Crippen LogP contribution in [0.2, 0.25) is 0 Å². The van der Waals surface area contributed by atoms with Gasteiger partial charge in [0.1, 0.15) is 5.25 Å². The molecule has 6 heteroatoms. The normalized spacial score (nSPS) is 24.9. The summed E-state index contributed by atoms with van der Waals surface area (Å²) in [7, 11) is 0. The first kappa shape index (κ1) is 11.3. The van der Waals surface area contributed by atoms with Crippen LogP contribution in [0.15, 0.2) is 0 Å². The molecule has 0 saturated carbocycles. The van der Waals surface area contributed by atoms with Crippen molar-refractivity contribution in [2.45, 2.75) is 24.5 Å². The Morgan fingerprint density at radius 1 is 1.71 bits per heavy atom. The zero-order chi connectivity index (χ0) is 10.6. The lowest BCUT2D eigenvalue weighted by molar-refractivity contribution is -0.134. The predicted molar refractivity (Wildman–Crippen MR) is 51.3 cm³/mol. The molecule has 1 heterocycles. The standard InChI is InChI=1S/C8H13NO4S/c10-7-3-1-2-6(4-9-7)14(13)5-8(11)12/h6H,1-5H2,(H,9,10)(H,11,12). The molecule has 0 bridgehead atoms. The molecule has 0 spiro atoms. The van der Waals surface area contributed by atoms with Gasteiger partial charge in [0.2, 0.25) is 11.7 Å². The van der Waals surface area contributed by atoms with Crippen LogP contribution in [0.1, 0.15) is 19.3 Å². The van der Waals surface area contributed by atoms with Gasteiger partial charge in [-0.25, -0.2) is 4.79 Å². The summed E-state index contributed by atoms with van der Waals surface area (Å²) in [4.78, 5) is 21.3. The molecule has 2 atom stereocenters. The SMILES string of the molecule is O=C(O)C[S+]([O-])C1CCCC(=O)NC1. The molecule has 0 aromatic rings. The first-order chi connectivity index (χ1) is 6.59. The van der Waals surface area contributed by atoms with Crippen LogP contribution in [0.4, 0.5) is 0 Å². The second-order valence-electron chi connectivity index (χ2n) is 3.24. The lowest BCUT2D eigenvalue weighted by Gasteiger charge is -2.18. The van der Waals surface area contributed by atoms with Crippen molar-refractivity contribution in [2.75, 3.05) is 12.3 Å². The molecule has 0 aliphatic carbocycles. The van der Waals surface area contributed by atoms with E-state index in [0.717, 1.165) is 0 Å². The third-order valence-corrected chi connectivity index (χ3v) is 3.77. The van der Waals surface area contributed by atoms with E-state index in [9.17, 15) is 14.1 Å². The minimum Gasteiger partial charge on any atom is -0.616 e. The number of carboxylic acids is 1. The van der Waals surface area contributed by atoms with Crippen LogP contribution in [0.3, 0.4) is 0 Å². The smallest absolute Gasteiger partial charge is 0.353 e. The molecule has 1 aliphatic rings. The fraction of sp³-hybridized carbons (Fsp3) is 0.750. The molecule has 2 N–H and O–H groups in total. The van der Waals surface area contributed by atoms with Crippen molar-refractivity contribution in [1.82, 2.24) is 5.32 Å². The number of carbonyl (C=O) groups is 2. The first-order valence-corrected chi connectivity index (χ1v) is 5.83. The van der Waals surface area contributed by atoms with Gasteiger partial charge in [-0.05, 0) is 24.0 Å². The van der Waals surface area contributed by atoms with E-state index in [-0.39, 0.29) is 16.9 Å². The maximum absolute atomic E-state index is 11.4. The zero-order valence-electron chi connectivity index (χ0n) is 7.69. The van der Waals surface area contributed by atoms with E-state index < -0.39 is 17.1 Å². The molecule has 2 unspecified atom stereocenters. The monoisotopic (exact) mass is 219 g/mol. The van der Waals surface area contributed by atoms with E-state index in [1.54, 1.807) is 0 Å². The number of rotatable bonds is 3. The summed E-state index contributed by atoms with van der Waals surface area (Å²) in [5.41, 5.74) is 0. The average Bonchev–Trinajstić information content (AvgIpc) is 2.28. The predicted octanol–water partition coefficient (Wildman–Crippen LogP) is -0.512. The van der Waals surface area contributed by atoms with Gasteiger partial charge < -0.3 is 15.0 Å². The van der Waals surface area contributed by atoms with Gasteiger partial charge in [0.25, 0.3) is 0 Å². The molecule has 14 heavy (non-hydrogen) atoms. The van der Waals surface area contributed by atoms with Crippen LogP contribution in [0.5, 0.6) is 0 Å². The number of carboxylic acid groups (broad SMARTS) is 1. The molecule has 1 aliphatic heterocycles. The second-order valence-corrected chi connectivity index (χ2v) is 4.95. The third-order valence-electron chi connectivity index (χ3n) is 2.09. The largest absolute Gasteiger partial charge is 0.616 e. The van der Waals surface area contributed by atoms with Gasteiger partial charge in [0, 0.05) is 6.42 Å². The average molecular weight is 219 g/mol. The van der Waals surface area contributed by atoms with E-state index in [1.165, 1.54) is 0 Å². The Balaban J connectivity index is 2.42. The first-order valence-electron chi connectivity index (χ1n) is 4.45. The molecule has 1 saturated heterocycles. The summed E-state index contributed by atoms with van der Waals surface area (Å²) in [5.74, 6) is -1.43. The minimum atomic E-state index is -1.38. The van der Waals surface area contributed by atoms with Crippen LogP contribution in [0.25, 0.3) is 0 Å². The van der Waals surface area contributed by atoms with E-state index >= 15 is 0 Å². The summed E-state index contributed by atoms with van der Waals surface area (Å²) in [5, 5.41) is 10.9. The topological polar surface area (TPSA) is 89.5 Å². The highest BCUT2D eigenvalue weighted by Gasteiger charge is 2.27. The van der Waals surface area contributed by atoms with E-state index in [1.807, 2.05) is 0 Å². The second kappa shape index (κ2) is 5.21. The van der Waals surface area contributed by atoms with E-state index in [2.05, 4.69) is 5.32 Å². The van der Waals surface area contributed by atoms with Gasteiger partial charge in [-0.2, -0.15) is 0 Å². The van der Waals surface area contributed by atoms with Crippen LogP contribution in [0, 0.1) is 0 Å². The Morgan fingerprint density at radius 3 is 3.07 bits per heavy atom. The zero-order valence-corrected chi connectivity index (χ0v) is 8.51. The van der Waals surface area contributed by atoms with Crippen LogP contribution in [-0.2, 0) is 20.8 Å². The Morgan fingerprint density at radius 2 is 2.43 bits per heavy atom. The molecule has 80 valence electrons. The molecule has 1 rings (SSSR count). The summed E-state index contributed by atoms with van der Waals surface area (Å²) in [6.07, 6.45) is 1.78. The fourth-order valence-corrected chi connectivity index (χ4v) is 2.55. The number of carbonyl (C=O) groups excluding carboxylic acids is 1. The van der Waals surface area contributed by atoms with Gasteiger partial charge in [-0.15, -0.1) is 0 Å². The highest BCUT2D eigenvalue weighted by molar-refractivity contribution is 7.92. The van der Waals surface area contributed by atoms with Crippen molar-refractivity contribution in [3.8, 4) is 0 Å². The van der Waals surface area contributed by atoms with Gasteiger partial charge in [-0.3, -0.25) is 4.79 Å². The van der Waals surface area contributed by atoms with Gasteiger partial charge in [0.15, 0.2) is 0 Å². The molecular formula is C8H13NO4S. The quantitative estimate of drug-likeness (QED) is 0.625. The Bertz CT molecular complexity index is 233. The highest BCUT2D eigenvalue weighted by atomic mass is 32.2. The van der Waals surface area contributed by atoms with E-state index in [4.69, 9.17) is 5.11 Å². The van der Waals surface area contributed by atoms with Gasteiger partial charge >= 0.3 is 5.97 Å². The van der Waals surface area contributed by atoms with Crippen molar-refractivity contribution in [3.63, 3.8) is 0 Å². The highest BCUT2D eigenvalue weighted by Crippen LogP contribution is 2.13. The molecule has 0 radical (unpaired) electrons. The van der Waals surface area contributed by atoms with Crippen molar-refractivity contribution in [2.24, 2.45) is 0 Å². The van der Waals surface area contributed by atoms with Gasteiger partial charge in [0.05, 0.1) is 6.54 Å². The van der Waals surface area contributed by atoms with Crippen LogP contribution >= 0.6 is 0 Å². The number of nitrogens with one attached hydrogen (secondary N) is 1. The summed E-state index contributed by atoms with van der Waals surface area (Å²) in [6.45, 7) is 0.332. The lowest BCUT2D eigenvalue weighted by atomic mass is 10.2. The Kier molecular flexibility index (Phi) is 4.21. The Labute approximate surface area is 85.0 Å². The molecular weight excluding hydrogens is 206 g/mol. The molecule has 0 aromatic heterocycles. The summed E-state index contributed by atoms with van der Waals surface area (Å²) >= 11 is -1.38.